The van der Waals surface area contributed by atoms with Gasteiger partial charge >= 0.3 is 6.09 Å². The number of carbonyl (C=O) groups is 1. The largest absolute Gasteiger partial charge is 0.465 e. The summed E-state index contributed by atoms with van der Waals surface area (Å²) in [5.74, 6) is 0. The number of hydrogen-bond donors (Lipinski definition) is 3. The van der Waals surface area contributed by atoms with Crippen LogP contribution in [0, 0.1) is 0 Å². The molecular weight excluding hydrogens is 288 g/mol. The molecule has 130 valence electrons. The predicted octanol–water partition coefficient (Wildman–Crippen LogP) is 5.39. The highest BCUT2D eigenvalue weighted by atomic mass is 16.4. The Hall–Kier alpha value is -1.71. The molecule has 23 heavy (non-hydrogen) atoms. The van der Waals surface area contributed by atoms with Gasteiger partial charge in [0.05, 0.1) is 0 Å². The summed E-state index contributed by atoms with van der Waals surface area (Å²) in [6.45, 7) is 6.47. The number of amides is 1. The standard InChI is InChI=1S/C19H32N2O2/c1-4-7-10-14-13-17(21-19(22)23)15(11-8-5-2)16(18(14)20)12-9-6-3/h13,21H,4-12,20H2,1-3H3,(H,22,23). The molecule has 1 rings (SSSR count). The molecule has 4 N–H and O–H groups in total. The van der Waals surface area contributed by atoms with E-state index in [1.54, 1.807) is 0 Å². The van der Waals surface area contributed by atoms with Gasteiger partial charge in [0.1, 0.15) is 0 Å². The fourth-order valence-corrected chi connectivity index (χ4v) is 2.94. The van der Waals surface area contributed by atoms with Crippen molar-refractivity contribution in [3.8, 4) is 0 Å². The van der Waals surface area contributed by atoms with Crippen LogP contribution in [0.3, 0.4) is 0 Å². The summed E-state index contributed by atoms with van der Waals surface area (Å²) in [6, 6.07) is 1.96. The monoisotopic (exact) mass is 320 g/mol. The molecule has 0 spiro atoms. The summed E-state index contributed by atoms with van der Waals surface area (Å²) in [5.41, 5.74) is 11.4. The van der Waals surface area contributed by atoms with Gasteiger partial charge in [0, 0.05) is 11.4 Å². The third-order valence-corrected chi connectivity index (χ3v) is 4.28. The molecule has 1 aromatic rings. The van der Waals surface area contributed by atoms with Crippen LogP contribution in [0.15, 0.2) is 6.07 Å². The van der Waals surface area contributed by atoms with Crippen molar-refractivity contribution in [1.29, 1.82) is 0 Å². The first kappa shape index (κ1) is 19.3. The molecule has 0 aliphatic carbocycles. The van der Waals surface area contributed by atoms with E-state index in [-0.39, 0.29) is 0 Å². The van der Waals surface area contributed by atoms with Gasteiger partial charge in [-0.2, -0.15) is 0 Å². The van der Waals surface area contributed by atoms with Crippen LogP contribution in [-0.4, -0.2) is 11.2 Å². The maximum absolute atomic E-state index is 11.2. The maximum atomic E-state index is 11.2. The van der Waals surface area contributed by atoms with E-state index in [1.165, 1.54) is 0 Å². The number of unbranched alkanes of at least 4 members (excludes halogenated alkanes) is 3. The summed E-state index contributed by atoms with van der Waals surface area (Å²) >= 11 is 0. The van der Waals surface area contributed by atoms with Crippen molar-refractivity contribution in [1.82, 2.24) is 0 Å². The molecule has 4 heteroatoms. The third kappa shape index (κ3) is 5.77. The summed E-state index contributed by atoms with van der Waals surface area (Å²) in [6.07, 6.45) is 8.18. The summed E-state index contributed by atoms with van der Waals surface area (Å²) in [4.78, 5) is 11.2. The Morgan fingerprint density at radius 1 is 1.00 bits per heavy atom. The zero-order chi connectivity index (χ0) is 17.2. The van der Waals surface area contributed by atoms with Crippen molar-refractivity contribution in [3.63, 3.8) is 0 Å². The van der Waals surface area contributed by atoms with E-state index in [9.17, 15) is 9.90 Å². The van der Waals surface area contributed by atoms with Gasteiger partial charge in [-0.15, -0.1) is 0 Å². The first-order chi connectivity index (χ1) is 11.0. The molecule has 4 nitrogen and oxygen atoms in total. The first-order valence-corrected chi connectivity index (χ1v) is 8.98. The Morgan fingerprint density at radius 3 is 2.04 bits per heavy atom. The van der Waals surface area contributed by atoms with E-state index in [0.29, 0.717) is 0 Å². The van der Waals surface area contributed by atoms with Crippen LogP contribution < -0.4 is 11.1 Å². The average Bonchev–Trinajstić information content (AvgIpc) is 2.52. The number of nitrogens with two attached hydrogens (primary N) is 1. The fraction of sp³-hybridized carbons (Fsp3) is 0.632. The molecule has 0 saturated heterocycles. The van der Waals surface area contributed by atoms with Crippen LogP contribution in [-0.2, 0) is 19.3 Å². The highest BCUT2D eigenvalue weighted by Gasteiger charge is 2.17. The number of hydrogen-bond acceptors (Lipinski definition) is 2. The second-order valence-corrected chi connectivity index (χ2v) is 6.19. The van der Waals surface area contributed by atoms with Gasteiger partial charge in [-0.1, -0.05) is 40.0 Å². The lowest BCUT2D eigenvalue weighted by molar-refractivity contribution is 0.209. The lowest BCUT2D eigenvalue weighted by Gasteiger charge is -2.20. The molecular formula is C19H32N2O2. The summed E-state index contributed by atoms with van der Waals surface area (Å²) in [7, 11) is 0. The van der Waals surface area contributed by atoms with E-state index in [2.05, 4.69) is 26.1 Å². The predicted molar refractivity (Wildman–Crippen MR) is 98.3 cm³/mol. The van der Waals surface area contributed by atoms with Crippen molar-refractivity contribution < 1.29 is 9.90 Å². The molecule has 0 unspecified atom stereocenters. The van der Waals surface area contributed by atoms with Gasteiger partial charge in [0.25, 0.3) is 0 Å². The van der Waals surface area contributed by atoms with E-state index in [0.717, 1.165) is 85.9 Å². The molecule has 0 radical (unpaired) electrons. The number of aryl methyl sites for hydroxylation is 1. The van der Waals surface area contributed by atoms with E-state index >= 15 is 0 Å². The summed E-state index contributed by atoms with van der Waals surface area (Å²) in [5, 5.41) is 11.8. The molecule has 1 aromatic carbocycles. The Labute approximate surface area is 140 Å². The van der Waals surface area contributed by atoms with Crippen LogP contribution in [0.4, 0.5) is 16.2 Å². The minimum atomic E-state index is -1.00. The van der Waals surface area contributed by atoms with Crippen LogP contribution in [0.5, 0.6) is 0 Å². The van der Waals surface area contributed by atoms with Crippen molar-refractivity contribution in [2.45, 2.75) is 78.6 Å². The molecule has 0 aliphatic rings. The van der Waals surface area contributed by atoms with Gasteiger partial charge in [0.2, 0.25) is 0 Å². The highest BCUT2D eigenvalue weighted by Crippen LogP contribution is 2.33. The molecule has 0 aliphatic heterocycles. The Balaban J connectivity index is 3.33. The lowest BCUT2D eigenvalue weighted by Crippen LogP contribution is -2.14. The molecule has 0 atom stereocenters. The smallest absolute Gasteiger partial charge is 0.409 e. The van der Waals surface area contributed by atoms with E-state index < -0.39 is 6.09 Å². The number of carboxylic acid groups (broad SMARTS) is 1. The Bertz CT molecular complexity index is 513. The third-order valence-electron chi connectivity index (χ3n) is 4.28. The first-order valence-electron chi connectivity index (χ1n) is 8.98. The number of nitrogen functional groups attached to an aromatic ring is 1. The van der Waals surface area contributed by atoms with E-state index in [4.69, 9.17) is 5.73 Å². The normalized spacial score (nSPS) is 10.7. The van der Waals surface area contributed by atoms with Crippen molar-refractivity contribution >= 4 is 17.5 Å². The van der Waals surface area contributed by atoms with Crippen molar-refractivity contribution in [2.24, 2.45) is 0 Å². The van der Waals surface area contributed by atoms with Gasteiger partial charge in [-0.3, -0.25) is 5.32 Å². The molecule has 0 aromatic heterocycles. The fourth-order valence-electron chi connectivity index (χ4n) is 2.94. The zero-order valence-corrected chi connectivity index (χ0v) is 14.9. The SMILES string of the molecule is CCCCc1cc(NC(=O)O)c(CCCC)c(CCCC)c1N. The number of nitrogens with one attached hydrogen (secondary N) is 1. The van der Waals surface area contributed by atoms with Gasteiger partial charge in [0.15, 0.2) is 0 Å². The average molecular weight is 320 g/mol. The molecule has 0 bridgehead atoms. The maximum Gasteiger partial charge on any atom is 0.409 e. The Morgan fingerprint density at radius 2 is 1.52 bits per heavy atom. The minimum absolute atomic E-state index is 0.734. The van der Waals surface area contributed by atoms with Crippen molar-refractivity contribution in [3.05, 3.63) is 22.8 Å². The molecule has 0 heterocycles. The quantitative estimate of drug-likeness (QED) is 0.506. The molecule has 0 saturated carbocycles. The lowest BCUT2D eigenvalue weighted by atomic mass is 9.90. The van der Waals surface area contributed by atoms with E-state index in [1.807, 2.05) is 6.07 Å². The number of anilines is 2. The van der Waals surface area contributed by atoms with Crippen LogP contribution in [0.1, 0.15) is 76.0 Å². The second-order valence-electron chi connectivity index (χ2n) is 6.19. The van der Waals surface area contributed by atoms with Gasteiger partial charge in [-0.05, 0) is 61.3 Å². The zero-order valence-electron chi connectivity index (χ0n) is 14.9. The number of benzene rings is 1. The second kappa shape index (κ2) is 10.1. The highest BCUT2D eigenvalue weighted by molar-refractivity contribution is 5.86. The van der Waals surface area contributed by atoms with Crippen LogP contribution in [0.25, 0.3) is 0 Å². The Kier molecular flexibility index (Phi) is 8.52. The molecule has 0 fully saturated rings. The summed E-state index contributed by atoms with van der Waals surface area (Å²) < 4.78 is 0. The minimum Gasteiger partial charge on any atom is -0.465 e. The topological polar surface area (TPSA) is 75.3 Å². The van der Waals surface area contributed by atoms with Crippen LogP contribution >= 0.6 is 0 Å². The van der Waals surface area contributed by atoms with Crippen LogP contribution in [0.2, 0.25) is 0 Å². The number of rotatable bonds is 10. The van der Waals surface area contributed by atoms with Crippen molar-refractivity contribution in [2.75, 3.05) is 11.1 Å². The van der Waals surface area contributed by atoms with Gasteiger partial charge < -0.3 is 10.8 Å². The molecule has 1 amide bonds. The van der Waals surface area contributed by atoms with Gasteiger partial charge in [-0.25, -0.2) is 4.79 Å².